The van der Waals surface area contributed by atoms with E-state index in [1.807, 2.05) is 24.3 Å². The average Bonchev–Trinajstić information content (AvgIpc) is 3.18. The van der Waals surface area contributed by atoms with E-state index in [2.05, 4.69) is 26.1 Å². The Bertz CT molecular complexity index is 641. The first-order chi connectivity index (χ1) is 10.1. The summed E-state index contributed by atoms with van der Waals surface area (Å²) in [6.45, 7) is 6.26. The van der Waals surface area contributed by atoms with E-state index in [1.165, 1.54) is 9.87 Å². The van der Waals surface area contributed by atoms with Gasteiger partial charge in [0.2, 0.25) is 15.9 Å². The van der Waals surface area contributed by atoms with Gasteiger partial charge in [0, 0.05) is 11.7 Å². The molecule has 0 aromatic heterocycles. The van der Waals surface area contributed by atoms with E-state index in [9.17, 15) is 13.2 Å². The van der Waals surface area contributed by atoms with Crippen molar-refractivity contribution >= 4 is 21.6 Å². The molecule has 1 aliphatic rings. The monoisotopic (exact) mass is 324 g/mol. The van der Waals surface area contributed by atoms with Gasteiger partial charge in [-0.1, -0.05) is 32.9 Å². The lowest BCUT2D eigenvalue weighted by Crippen LogP contribution is -2.38. The molecular formula is C16H24N2O3S. The van der Waals surface area contributed by atoms with Crippen molar-refractivity contribution in [2.24, 2.45) is 0 Å². The molecule has 22 heavy (non-hydrogen) atoms. The lowest BCUT2D eigenvalue weighted by atomic mass is 9.87. The van der Waals surface area contributed by atoms with Crippen LogP contribution in [0.3, 0.4) is 0 Å². The summed E-state index contributed by atoms with van der Waals surface area (Å²) in [5, 5.41) is 2.76. The molecule has 0 saturated heterocycles. The van der Waals surface area contributed by atoms with Gasteiger partial charge in [0.25, 0.3) is 0 Å². The molecule has 5 nitrogen and oxygen atoms in total. The average molecular weight is 324 g/mol. The molecule has 1 saturated carbocycles. The first kappa shape index (κ1) is 17.0. The number of anilines is 1. The van der Waals surface area contributed by atoms with Gasteiger partial charge in [-0.25, -0.2) is 8.42 Å². The van der Waals surface area contributed by atoms with Crippen LogP contribution in [0.4, 0.5) is 5.69 Å². The Balaban J connectivity index is 2.00. The predicted molar refractivity (Wildman–Crippen MR) is 88.3 cm³/mol. The van der Waals surface area contributed by atoms with Crippen molar-refractivity contribution in [2.75, 3.05) is 18.1 Å². The first-order valence-electron chi connectivity index (χ1n) is 7.44. The Morgan fingerprint density at radius 2 is 1.77 bits per heavy atom. The Hall–Kier alpha value is -1.40. The van der Waals surface area contributed by atoms with Crippen molar-refractivity contribution in [3.05, 3.63) is 29.8 Å². The van der Waals surface area contributed by atoms with Gasteiger partial charge in [-0.15, -0.1) is 0 Å². The highest BCUT2D eigenvalue weighted by Gasteiger charge is 2.36. The Kier molecular flexibility index (Phi) is 4.63. The molecule has 1 aromatic carbocycles. The zero-order valence-corrected chi connectivity index (χ0v) is 14.4. The minimum Gasteiger partial charge on any atom is -0.325 e. The number of nitrogens with zero attached hydrogens (tertiary/aromatic N) is 1. The van der Waals surface area contributed by atoms with Crippen molar-refractivity contribution in [3.63, 3.8) is 0 Å². The smallest absolute Gasteiger partial charge is 0.239 e. The highest BCUT2D eigenvalue weighted by molar-refractivity contribution is 7.88. The topological polar surface area (TPSA) is 66.5 Å². The number of carbonyl (C=O) groups is 1. The van der Waals surface area contributed by atoms with Gasteiger partial charge in [-0.3, -0.25) is 4.79 Å². The van der Waals surface area contributed by atoms with E-state index in [4.69, 9.17) is 0 Å². The molecule has 1 N–H and O–H groups in total. The van der Waals surface area contributed by atoms with E-state index >= 15 is 0 Å². The SMILES string of the molecule is CC(C)(C)c1ccc(NC(=O)CN(C2CC2)S(C)(=O)=O)cc1. The van der Waals surface area contributed by atoms with Crippen LogP contribution in [-0.4, -0.2) is 37.5 Å². The number of hydrogen-bond acceptors (Lipinski definition) is 3. The summed E-state index contributed by atoms with van der Waals surface area (Å²) in [5.74, 6) is -0.305. The normalized spacial score (nSPS) is 15.9. The molecule has 0 aliphatic heterocycles. The molecule has 1 amide bonds. The second-order valence-corrected chi connectivity index (χ2v) is 8.85. The second kappa shape index (κ2) is 6.01. The minimum absolute atomic E-state index is 0.0102. The van der Waals surface area contributed by atoms with Crippen LogP contribution in [0.2, 0.25) is 0 Å². The van der Waals surface area contributed by atoms with Gasteiger partial charge in [-0.05, 0) is 36.0 Å². The Morgan fingerprint density at radius 1 is 1.23 bits per heavy atom. The van der Waals surface area contributed by atoms with Gasteiger partial charge in [0.15, 0.2) is 0 Å². The summed E-state index contributed by atoms with van der Waals surface area (Å²) >= 11 is 0. The number of amides is 1. The molecule has 0 spiro atoms. The largest absolute Gasteiger partial charge is 0.325 e. The number of benzene rings is 1. The van der Waals surface area contributed by atoms with Crippen LogP contribution in [0.5, 0.6) is 0 Å². The maximum absolute atomic E-state index is 12.1. The summed E-state index contributed by atoms with van der Waals surface area (Å²) in [5.41, 5.74) is 1.92. The van der Waals surface area contributed by atoms with E-state index in [1.54, 1.807) is 0 Å². The first-order valence-corrected chi connectivity index (χ1v) is 9.29. The van der Waals surface area contributed by atoms with Gasteiger partial charge in [0.05, 0.1) is 12.8 Å². The van der Waals surface area contributed by atoms with Crippen LogP contribution in [0, 0.1) is 0 Å². The second-order valence-electron chi connectivity index (χ2n) is 6.91. The van der Waals surface area contributed by atoms with E-state index in [0.29, 0.717) is 5.69 Å². The minimum atomic E-state index is -3.34. The number of hydrogen-bond donors (Lipinski definition) is 1. The zero-order valence-electron chi connectivity index (χ0n) is 13.6. The molecule has 1 aromatic rings. The van der Waals surface area contributed by atoms with E-state index < -0.39 is 10.0 Å². The van der Waals surface area contributed by atoms with E-state index in [0.717, 1.165) is 19.1 Å². The third kappa shape index (κ3) is 4.55. The molecular weight excluding hydrogens is 300 g/mol. The molecule has 0 unspecified atom stereocenters. The molecule has 0 bridgehead atoms. The van der Waals surface area contributed by atoms with Crippen LogP contribution in [-0.2, 0) is 20.2 Å². The Labute approximate surface area is 132 Å². The van der Waals surface area contributed by atoms with Crippen molar-refractivity contribution < 1.29 is 13.2 Å². The number of carbonyl (C=O) groups excluding carboxylic acids is 1. The van der Waals surface area contributed by atoms with Gasteiger partial charge >= 0.3 is 0 Å². The van der Waals surface area contributed by atoms with Crippen molar-refractivity contribution in [1.82, 2.24) is 4.31 Å². The third-order valence-electron chi connectivity index (χ3n) is 3.71. The number of sulfonamides is 1. The van der Waals surface area contributed by atoms with Crippen LogP contribution in [0.1, 0.15) is 39.2 Å². The molecule has 1 fully saturated rings. The van der Waals surface area contributed by atoms with Gasteiger partial charge < -0.3 is 5.32 Å². The highest BCUT2D eigenvalue weighted by Crippen LogP contribution is 2.28. The summed E-state index contributed by atoms with van der Waals surface area (Å²) in [4.78, 5) is 12.1. The van der Waals surface area contributed by atoms with Gasteiger partial charge in [0.1, 0.15) is 0 Å². The number of nitrogens with one attached hydrogen (secondary N) is 1. The third-order valence-corrected chi connectivity index (χ3v) is 4.99. The number of rotatable bonds is 5. The van der Waals surface area contributed by atoms with Crippen molar-refractivity contribution in [2.45, 2.75) is 45.1 Å². The fourth-order valence-corrected chi connectivity index (χ4v) is 3.38. The quantitative estimate of drug-likeness (QED) is 0.904. The van der Waals surface area contributed by atoms with Crippen LogP contribution in [0.25, 0.3) is 0 Å². The fourth-order valence-electron chi connectivity index (χ4n) is 2.28. The molecule has 2 rings (SSSR count). The van der Waals surface area contributed by atoms with Crippen molar-refractivity contribution in [3.8, 4) is 0 Å². The molecule has 1 aliphatic carbocycles. The maximum atomic E-state index is 12.1. The van der Waals surface area contributed by atoms with E-state index in [-0.39, 0.29) is 23.9 Å². The van der Waals surface area contributed by atoms with Crippen LogP contribution in [0.15, 0.2) is 24.3 Å². The Morgan fingerprint density at radius 3 is 2.18 bits per heavy atom. The lowest BCUT2D eigenvalue weighted by molar-refractivity contribution is -0.116. The van der Waals surface area contributed by atoms with Gasteiger partial charge in [-0.2, -0.15) is 4.31 Å². The predicted octanol–water partition coefficient (Wildman–Crippen LogP) is 2.35. The lowest BCUT2D eigenvalue weighted by Gasteiger charge is -2.20. The van der Waals surface area contributed by atoms with Crippen LogP contribution < -0.4 is 5.32 Å². The summed E-state index contributed by atoms with van der Waals surface area (Å²) < 4.78 is 24.7. The van der Waals surface area contributed by atoms with Crippen LogP contribution >= 0.6 is 0 Å². The molecule has 0 radical (unpaired) electrons. The molecule has 0 heterocycles. The van der Waals surface area contributed by atoms with Crippen molar-refractivity contribution in [1.29, 1.82) is 0 Å². The molecule has 0 atom stereocenters. The fraction of sp³-hybridized carbons (Fsp3) is 0.562. The summed E-state index contributed by atoms with van der Waals surface area (Å²) in [6, 6.07) is 7.64. The zero-order chi connectivity index (χ0) is 16.5. The molecule has 122 valence electrons. The molecule has 6 heteroatoms. The summed E-state index contributed by atoms with van der Waals surface area (Å²) in [6.07, 6.45) is 2.82. The maximum Gasteiger partial charge on any atom is 0.239 e. The standard InChI is InChI=1S/C16H24N2O3S/c1-16(2,3)12-5-7-13(8-6-12)17-15(19)11-18(14-9-10-14)22(4,20)21/h5-8,14H,9-11H2,1-4H3,(H,17,19). The summed E-state index contributed by atoms with van der Waals surface area (Å²) in [7, 11) is -3.34. The highest BCUT2D eigenvalue weighted by atomic mass is 32.2.